The minimum absolute atomic E-state index is 0.0371. The van der Waals surface area contributed by atoms with Crippen LogP contribution in [0.2, 0.25) is 0 Å². The van der Waals surface area contributed by atoms with E-state index in [0.717, 1.165) is 11.8 Å². The summed E-state index contributed by atoms with van der Waals surface area (Å²) < 4.78 is 27.5. The van der Waals surface area contributed by atoms with E-state index in [2.05, 4.69) is 15.3 Å². The summed E-state index contributed by atoms with van der Waals surface area (Å²) in [6.07, 6.45) is 4.05. The van der Waals surface area contributed by atoms with Crippen LogP contribution in [-0.2, 0) is 21.1 Å². The Hall–Kier alpha value is -2.00. The van der Waals surface area contributed by atoms with Gasteiger partial charge in [-0.1, -0.05) is 17.4 Å². The fourth-order valence-electron chi connectivity index (χ4n) is 1.56. The molecule has 0 unspecified atom stereocenters. The minimum Gasteiger partial charge on any atom is -0.462 e. The van der Waals surface area contributed by atoms with Gasteiger partial charge in [0.25, 0.3) is 0 Å². The number of pyridine rings is 1. The second-order valence-corrected chi connectivity index (χ2v) is 7.37. The number of carbonyl (C=O) groups excluding carboxylic acids is 1. The van der Waals surface area contributed by atoms with Crippen LogP contribution in [0.3, 0.4) is 0 Å². The van der Waals surface area contributed by atoms with Gasteiger partial charge in [-0.3, -0.25) is 0 Å². The van der Waals surface area contributed by atoms with Crippen molar-refractivity contribution in [1.29, 1.82) is 0 Å². The summed E-state index contributed by atoms with van der Waals surface area (Å²) in [5.41, 5.74) is 0.806. The molecule has 118 valence electrons. The third-order valence-electron chi connectivity index (χ3n) is 2.60. The van der Waals surface area contributed by atoms with Crippen molar-refractivity contribution >= 4 is 32.3 Å². The SMILES string of the molecule is CCOC(=O)c1cnc(NCc2ccc(S(C)(=O)=O)nc2)s1. The Morgan fingerprint density at radius 3 is 2.68 bits per heavy atom. The van der Waals surface area contributed by atoms with Crippen LogP contribution >= 0.6 is 11.3 Å². The maximum absolute atomic E-state index is 11.5. The summed E-state index contributed by atoms with van der Waals surface area (Å²) in [6.45, 7) is 2.48. The van der Waals surface area contributed by atoms with Gasteiger partial charge in [-0.2, -0.15) is 0 Å². The van der Waals surface area contributed by atoms with Gasteiger partial charge in [0.2, 0.25) is 0 Å². The maximum atomic E-state index is 11.5. The van der Waals surface area contributed by atoms with Gasteiger partial charge in [0.05, 0.1) is 12.8 Å². The zero-order valence-electron chi connectivity index (χ0n) is 12.1. The number of rotatable bonds is 6. The standard InChI is InChI=1S/C13H15N3O4S2/c1-3-20-12(17)10-8-16-13(21-10)15-7-9-4-5-11(14-6-9)22(2,18)19/h4-6,8H,3,7H2,1-2H3,(H,15,16). The number of hydrogen-bond donors (Lipinski definition) is 1. The molecule has 2 aromatic rings. The van der Waals surface area contributed by atoms with Crippen LogP contribution in [0.4, 0.5) is 5.13 Å². The van der Waals surface area contributed by atoms with Crippen molar-refractivity contribution in [3.05, 3.63) is 35.0 Å². The lowest BCUT2D eigenvalue weighted by molar-refractivity contribution is 0.0532. The quantitative estimate of drug-likeness (QED) is 0.799. The molecule has 0 aliphatic heterocycles. The molecule has 2 rings (SSSR count). The highest BCUT2D eigenvalue weighted by Crippen LogP contribution is 2.19. The topological polar surface area (TPSA) is 98.2 Å². The molecule has 0 aromatic carbocycles. The lowest BCUT2D eigenvalue weighted by atomic mass is 10.3. The van der Waals surface area contributed by atoms with Gasteiger partial charge < -0.3 is 10.1 Å². The molecule has 9 heteroatoms. The third kappa shape index (κ3) is 4.25. The lowest BCUT2D eigenvalue weighted by Gasteiger charge is -2.03. The van der Waals surface area contributed by atoms with Crippen LogP contribution in [0.15, 0.2) is 29.6 Å². The van der Waals surface area contributed by atoms with E-state index in [0.29, 0.717) is 23.2 Å². The molecule has 0 aliphatic carbocycles. The summed E-state index contributed by atoms with van der Waals surface area (Å²) in [6, 6.07) is 3.13. The van der Waals surface area contributed by atoms with Crippen molar-refractivity contribution in [3.8, 4) is 0 Å². The van der Waals surface area contributed by atoms with Crippen molar-refractivity contribution < 1.29 is 17.9 Å². The second-order valence-electron chi connectivity index (χ2n) is 4.38. The highest BCUT2D eigenvalue weighted by Gasteiger charge is 2.11. The third-order valence-corrected chi connectivity index (χ3v) is 4.54. The second kappa shape index (κ2) is 6.84. The van der Waals surface area contributed by atoms with E-state index in [4.69, 9.17) is 4.74 Å². The first-order chi connectivity index (χ1) is 10.4. The molecular weight excluding hydrogens is 326 g/mol. The molecule has 0 aliphatic rings. The number of anilines is 1. The molecule has 2 aromatic heterocycles. The van der Waals surface area contributed by atoms with Gasteiger partial charge in [0.15, 0.2) is 20.0 Å². The Bertz CT molecular complexity index is 754. The Balaban J connectivity index is 1.97. The van der Waals surface area contributed by atoms with E-state index in [-0.39, 0.29) is 5.03 Å². The average molecular weight is 341 g/mol. The van der Waals surface area contributed by atoms with Gasteiger partial charge in [0, 0.05) is 19.0 Å². The molecule has 0 fully saturated rings. The van der Waals surface area contributed by atoms with Gasteiger partial charge in [0.1, 0.15) is 4.88 Å². The fraction of sp³-hybridized carbons (Fsp3) is 0.308. The number of nitrogens with one attached hydrogen (secondary N) is 1. The highest BCUT2D eigenvalue weighted by molar-refractivity contribution is 7.90. The first kappa shape index (κ1) is 16.4. The van der Waals surface area contributed by atoms with Crippen LogP contribution in [0, 0.1) is 0 Å². The van der Waals surface area contributed by atoms with Crippen molar-refractivity contribution in [2.75, 3.05) is 18.2 Å². The van der Waals surface area contributed by atoms with E-state index < -0.39 is 15.8 Å². The average Bonchev–Trinajstić information content (AvgIpc) is 2.94. The normalized spacial score (nSPS) is 11.2. The molecule has 22 heavy (non-hydrogen) atoms. The van der Waals surface area contributed by atoms with Crippen LogP contribution in [-0.4, -0.2) is 37.2 Å². The maximum Gasteiger partial charge on any atom is 0.350 e. The van der Waals surface area contributed by atoms with Crippen molar-refractivity contribution in [2.24, 2.45) is 0 Å². The van der Waals surface area contributed by atoms with Gasteiger partial charge in [-0.15, -0.1) is 0 Å². The number of sulfone groups is 1. The molecule has 7 nitrogen and oxygen atoms in total. The Kier molecular flexibility index (Phi) is 5.09. The molecule has 0 saturated carbocycles. The summed E-state index contributed by atoms with van der Waals surface area (Å²) in [7, 11) is -3.29. The van der Waals surface area contributed by atoms with E-state index in [1.54, 1.807) is 13.0 Å². The predicted octanol–water partition coefficient (Wildman–Crippen LogP) is 1.73. The zero-order valence-corrected chi connectivity index (χ0v) is 13.7. The van der Waals surface area contributed by atoms with Gasteiger partial charge in [-0.25, -0.2) is 23.2 Å². The largest absolute Gasteiger partial charge is 0.462 e. The van der Waals surface area contributed by atoms with Crippen LogP contribution in [0.1, 0.15) is 22.2 Å². The summed E-state index contributed by atoms with van der Waals surface area (Å²) in [5, 5.41) is 3.66. The number of nitrogens with zero attached hydrogens (tertiary/aromatic N) is 2. The Morgan fingerprint density at radius 1 is 1.32 bits per heavy atom. The molecule has 0 atom stereocenters. The monoisotopic (exact) mass is 341 g/mol. The molecule has 2 heterocycles. The first-order valence-corrected chi connectivity index (χ1v) is 9.12. The molecule has 1 N–H and O–H groups in total. The van der Waals surface area contributed by atoms with Crippen molar-refractivity contribution in [1.82, 2.24) is 9.97 Å². The van der Waals surface area contributed by atoms with E-state index in [1.807, 2.05) is 0 Å². The summed E-state index contributed by atoms with van der Waals surface area (Å²) in [4.78, 5) is 19.9. The number of ether oxygens (including phenoxy) is 1. The first-order valence-electron chi connectivity index (χ1n) is 6.42. The molecule has 0 radical (unpaired) electrons. The fourth-order valence-corrected chi connectivity index (χ4v) is 2.83. The predicted molar refractivity (Wildman–Crippen MR) is 82.7 cm³/mol. The van der Waals surface area contributed by atoms with E-state index in [9.17, 15) is 13.2 Å². The van der Waals surface area contributed by atoms with Gasteiger partial charge in [-0.05, 0) is 18.6 Å². The molecule has 0 amide bonds. The number of esters is 1. The highest BCUT2D eigenvalue weighted by atomic mass is 32.2. The number of carbonyl (C=O) groups is 1. The van der Waals surface area contributed by atoms with E-state index >= 15 is 0 Å². The number of aromatic nitrogens is 2. The number of hydrogen-bond acceptors (Lipinski definition) is 8. The summed E-state index contributed by atoms with van der Waals surface area (Å²) in [5.74, 6) is -0.396. The smallest absolute Gasteiger partial charge is 0.350 e. The molecule has 0 bridgehead atoms. The van der Waals surface area contributed by atoms with Crippen LogP contribution in [0.25, 0.3) is 0 Å². The van der Waals surface area contributed by atoms with Crippen LogP contribution < -0.4 is 5.32 Å². The Labute approximate surface area is 132 Å². The summed E-state index contributed by atoms with van der Waals surface area (Å²) >= 11 is 1.19. The van der Waals surface area contributed by atoms with Crippen LogP contribution in [0.5, 0.6) is 0 Å². The van der Waals surface area contributed by atoms with E-state index in [1.165, 1.54) is 29.8 Å². The van der Waals surface area contributed by atoms with Gasteiger partial charge >= 0.3 is 5.97 Å². The molecular formula is C13H15N3O4S2. The molecule has 0 spiro atoms. The lowest BCUT2D eigenvalue weighted by Crippen LogP contribution is -2.03. The molecule has 0 saturated heterocycles. The zero-order chi connectivity index (χ0) is 16.2. The van der Waals surface area contributed by atoms with Crippen molar-refractivity contribution in [3.63, 3.8) is 0 Å². The minimum atomic E-state index is -3.29. The Morgan fingerprint density at radius 2 is 2.09 bits per heavy atom. The number of thiazole rings is 1. The van der Waals surface area contributed by atoms with Crippen molar-refractivity contribution in [2.45, 2.75) is 18.5 Å².